The molecule has 0 radical (unpaired) electrons. The largest absolute Gasteiger partial charge is 0.462 e. The van der Waals surface area contributed by atoms with E-state index >= 15 is 0 Å². The van der Waals surface area contributed by atoms with Gasteiger partial charge in [-0.1, -0.05) is 251 Å². The van der Waals surface area contributed by atoms with Crippen molar-refractivity contribution in [2.75, 3.05) is 19.0 Å². The summed E-state index contributed by atoms with van der Waals surface area (Å²) in [6.45, 7) is 3.83. The number of ether oxygens (including phenoxy) is 4. The van der Waals surface area contributed by atoms with E-state index in [1.54, 1.807) is 0 Å². The van der Waals surface area contributed by atoms with Crippen molar-refractivity contribution in [3.63, 3.8) is 0 Å². The zero-order valence-electron chi connectivity index (χ0n) is 45.6. The second kappa shape index (κ2) is 48.1. The maximum absolute atomic E-state index is 12.9. The summed E-state index contributed by atoms with van der Waals surface area (Å²) >= 11 is 0. The van der Waals surface area contributed by atoms with E-state index < -0.39 is 71.2 Å². The molecule has 0 bridgehead atoms. The Kier molecular flexibility index (Phi) is 45.6. The van der Waals surface area contributed by atoms with Gasteiger partial charge in [-0.3, -0.25) is 14.1 Å². The molecule has 12 nitrogen and oxygen atoms in total. The van der Waals surface area contributed by atoms with Crippen molar-refractivity contribution in [2.45, 2.75) is 327 Å². The number of esters is 2. The van der Waals surface area contributed by atoms with Gasteiger partial charge >= 0.3 is 11.9 Å². The molecule has 1 fully saturated rings. The number of carbonyl (C=O) groups excluding carboxylic acids is 2. The fourth-order valence-electron chi connectivity index (χ4n) is 9.50. The molecule has 0 aromatic heterocycles. The van der Waals surface area contributed by atoms with Crippen molar-refractivity contribution in [3.05, 3.63) is 12.2 Å². The minimum atomic E-state index is -4.60. The summed E-state index contributed by atoms with van der Waals surface area (Å²) in [5, 5.41) is 31.1. The Bertz CT molecular complexity index is 1340. The zero-order chi connectivity index (χ0) is 51.9. The van der Waals surface area contributed by atoms with Crippen LogP contribution in [0.1, 0.15) is 290 Å². The first-order valence-electron chi connectivity index (χ1n) is 29.7. The number of hydrogen-bond donors (Lipinski definition) is 4. The summed E-state index contributed by atoms with van der Waals surface area (Å²) in [5.41, 5.74) is 0. The molecule has 1 rings (SSSR count). The fourth-order valence-corrected chi connectivity index (χ4v) is 10.2. The van der Waals surface area contributed by atoms with Crippen LogP contribution in [0.15, 0.2) is 12.2 Å². The fraction of sp³-hybridized carbons (Fsp3) is 0.931. The van der Waals surface area contributed by atoms with Crippen LogP contribution in [-0.4, -0.2) is 96.0 Å². The van der Waals surface area contributed by atoms with Gasteiger partial charge in [-0.2, -0.15) is 8.42 Å². The molecular weight excluding hydrogens is 921 g/mol. The Labute approximate surface area is 435 Å². The molecule has 0 amide bonds. The number of unbranched alkanes of at least 4 members (excludes halogenated alkanes) is 38. The molecule has 1 aliphatic rings. The van der Waals surface area contributed by atoms with Crippen molar-refractivity contribution in [1.29, 1.82) is 0 Å². The lowest BCUT2D eigenvalue weighted by molar-refractivity contribution is -0.297. The molecule has 0 aromatic rings. The first-order valence-corrected chi connectivity index (χ1v) is 31.4. The highest BCUT2D eigenvalue weighted by Gasteiger charge is 2.46. The molecular formula is C58H110O12S. The Morgan fingerprint density at radius 1 is 0.465 bits per heavy atom. The number of allylic oxidation sites excluding steroid dienone is 2. The SMILES string of the molecule is CCCCCCCC/C=C/CCCCCCCCCCCCCC(=O)O[C@H](COC(=O)CCCCCCCCCCCCCCCCCCCCCCCC)CO[C@H]1O[C@H](CS(=O)(=O)O)[C@@H](O)C(O)C1O. The highest BCUT2D eigenvalue weighted by atomic mass is 32.2. The monoisotopic (exact) mass is 1030 g/mol. The third-order valence-corrected chi connectivity index (χ3v) is 14.8. The normalized spacial score (nSPS) is 18.9. The lowest BCUT2D eigenvalue weighted by Crippen LogP contribution is -2.60. The van der Waals surface area contributed by atoms with Crippen molar-refractivity contribution in [3.8, 4) is 0 Å². The van der Waals surface area contributed by atoms with Crippen LogP contribution in [0.3, 0.4) is 0 Å². The van der Waals surface area contributed by atoms with Crippen LogP contribution in [0.4, 0.5) is 0 Å². The van der Waals surface area contributed by atoms with Crippen LogP contribution in [0.5, 0.6) is 0 Å². The van der Waals surface area contributed by atoms with Crippen LogP contribution >= 0.6 is 0 Å². The average molecular weight is 1030 g/mol. The maximum atomic E-state index is 12.9. The van der Waals surface area contributed by atoms with Gasteiger partial charge in [0.25, 0.3) is 10.1 Å². The van der Waals surface area contributed by atoms with E-state index in [-0.39, 0.29) is 19.4 Å². The molecule has 1 saturated heterocycles. The van der Waals surface area contributed by atoms with Crippen molar-refractivity contribution in [1.82, 2.24) is 0 Å². The van der Waals surface area contributed by atoms with Crippen LogP contribution in [0.25, 0.3) is 0 Å². The highest BCUT2D eigenvalue weighted by Crippen LogP contribution is 2.24. The van der Waals surface area contributed by atoms with Crippen LogP contribution in [0.2, 0.25) is 0 Å². The number of aliphatic hydroxyl groups excluding tert-OH is 3. The van der Waals surface area contributed by atoms with E-state index in [9.17, 15) is 37.9 Å². The minimum Gasteiger partial charge on any atom is -0.462 e. The molecule has 0 saturated carbocycles. The lowest BCUT2D eigenvalue weighted by Gasteiger charge is -2.40. The number of carbonyl (C=O) groups is 2. The van der Waals surface area contributed by atoms with Gasteiger partial charge in [0.1, 0.15) is 36.8 Å². The summed E-state index contributed by atoms with van der Waals surface area (Å²) in [5.74, 6) is -1.96. The lowest BCUT2D eigenvalue weighted by atomic mass is 10.00. The van der Waals surface area contributed by atoms with Gasteiger partial charge in [0, 0.05) is 12.8 Å². The van der Waals surface area contributed by atoms with Gasteiger partial charge in [0.15, 0.2) is 12.4 Å². The van der Waals surface area contributed by atoms with Crippen LogP contribution in [-0.2, 0) is 38.7 Å². The van der Waals surface area contributed by atoms with Gasteiger partial charge in [0.05, 0.1) is 6.61 Å². The Balaban J connectivity index is 2.28. The summed E-state index contributed by atoms with van der Waals surface area (Å²) < 4.78 is 54.4. The molecule has 1 aliphatic heterocycles. The van der Waals surface area contributed by atoms with Crippen LogP contribution < -0.4 is 0 Å². The Hall–Kier alpha value is -1.61. The van der Waals surface area contributed by atoms with E-state index in [2.05, 4.69) is 26.0 Å². The molecule has 6 atom stereocenters. The molecule has 13 heteroatoms. The molecule has 4 N–H and O–H groups in total. The molecule has 0 aromatic carbocycles. The Morgan fingerprint density at radius 2 is 0.803 bits per heavy atom. The maximum Gasteiger partial charge on any atom is 0.306 e. The topological polar surface area (TPSA) is 186 Å². The third-order valence-electron chi connectivity index (χ3n) is 14.1. The zero-order valence-corrected chi connectivity index (χ0v) is 46.4. The summed E-state index contributed by atoms with van der Waals surface area (Å²) in [4.78, 5) is 25.6. The number of rotatable bonds is 52. The predicted molar refractivity (Wildman–Crippen MR) is 289 cm³/mol. The second-order valence-corrected chi connectivity index (χ2v) is 22.5. The predicted octanol–water partition coefficient (Wildman–Crippen LogP) is 14.5. The molecule has 71 heavy (non-hydrogen) atoms. The van der Waals surface area contributed by atoms with E-state index in [0.29, 0.717) is 12.8 Å². The number of aliphatic hydroxyl groups is 3. The standard InChI is InChI=1S/C58H110O12S/c1-3-5-7-9-11-13-15-17-19-21-23-25-27-28-30-32-34-36-38-40-42-44-46-53(59)67-48-51(49-68-58-57(63)56(62)55(61)52(70-58)50-71(64,65)66)69-54(60)47-45-43-41-39-37-35-33-31-29-26-24-22-20-18-16-14-12-10-8-6-4-2/h18,20,51-52,55-58,61-63H,3-17,19,21-50H2,1-2H3,(H,64,65,66)/b20-18+/t51-,52-,55-,56?,57?,58+/m1/s1. The summed E-state index contributed by atoms with van der Waals surface area (Å²) in [6, 6.07) is 0. The van der Waals surface area contributed by atoms with Gasteiger partial charge in [-0.25, -0.2) is 0 Å². The van der Waals surface area contributed by atoms with Crippen LogP contribution in [0, 0.1) is 0 Å². The van der Waals surface area contributed by atoms with E-state index in [0.717, 1.165) is 38.5 Å². The Morgan fingerprint density at radius 3 is 1.17 bits per heavy atom. The molecule has 420 valence electrons. The third kappa shape index (κ3) is 42.3. The number of hydrogen-bond acceptors (Lipinski definition) is 11. The molecule has 1 heterocycles. The quantitative estimate of drug-likeness (QED) is 0.0196. The van der Waals surface area contributed by atoms with E-state index in [4.69, 9.17) is 18.9 Å². The van der Waals surface area contributed by atoms with E-state index in [1.807, 2.05) is 0 Å². The second-order valence-electron chi connectivity index (χ2n) is 21.0. The molecule has 0 aliphatic carbocycles. The molecule has 0 spiro atoms. The van der Waals surface area contributed by atoms with Crippen molar-refractivity contribution in [2.24, 2.45) is 0 Å². The summed E-state index contributed by atoms with van der Waals surface area (Å²) in [7, 11) is -4.60. The van der Waals surface area contributed by atoms with E-state index in [1.165, 1.54) is 212 Å². The van der Waals surface area contributed by atoms with Crippen molar-refractivity contribution < 1.29 is 56.8 Å². The van der Waals surface area contributed by atoms with Gasteiger partial charge in [-0.05, 0) is 38.5 Å². The summed E-state index contributed by atoms with van der Waals surface area (Å²) in [6.07, 6.45) is 46.8. The minimum absolute atomic E-state index is 0.169. The van der Waals surface area contributed by atoms with Gasteiger partial charge in [-0.15, -0.1) is 0 Å². The first-order chi connectivity index (χ1) is 34.5. The van der Waals surface area contributed by atoms with Gasteiger partial charge in [0.2, 0.25) is 0 Å². The van der Waals surface area contributed by atoms with Gasteiger partial charge < -0.3 is 34.3 Å². The molecule has 2 unspecified atom stereocenters. The van der Waals surface area contributed by atoms with Crippen molar-refractivity contribution >= 4 is 22.1 Å². The average Bonchev–Trinajstić information content (AvgIpc) is 3.34. The highest BCUT2D eigenvalue weighted by molar-refractivity contribution is 7.85. The first kappa shape index (κ1) is 67.4. The smallest absolute Gasteiger partial charge is 0.306 e.